The number of nitrogens with zero attached hydrogens (tertiary/aromatic N) is 2. The van der Waals surface area contributed by atoms with E-state index in [9.17, 15) is 5.11 Å². The van der Waals surface area contributed by atoms with Crippen LogP contribution in [-0.2, 0) is 0 Å². The van der Waals surface area contributed by atoms with Crippen molar-refractivity contribution in [1.82, 2.24) is 10.2 Å². The second kappa shape index (κ2) is 4.66. The Morgan fingerprint density at radius 1 is 0.889 bits per heavy atom. The molecule has 0 fully saturated rings. The van der Waals surface area contributed by atoms with Gasteiger partial charge in [0.25, 0.3) is 0 Å². The Hall–Kier alpha value is -2.07. The summed E-state index contributed by atoms with van der Waals surface area (Å²) in [5.41, 5.74) is 0. The predicted molar refractivity (Wildman–Crippen MR) is 71.8 cm³/mol. The first-order valence-electron chi connectivity index (χ1n) is 5.51. The molecule has 0 aliphatic rings. The first kappa shape index (κ1) is 11.0. The molecule has 18 heavy (non-hydrogen) atoms. The van der Waals surface area contributed by atoms with Crippen molar-refractivity contribution < 1.29 is 5.11 Å². The van der Waals surface area contributed by atoms with E-state index >= 15 is 0 Å². The van der Waals surface area contributed by atoms with Crippen LogP contribution in [0.25, 0.3) is 10.8 Å². The number of aromatic nitrogens is 2. The van der Waals surface area contributed by atoms with E-state index in [0.717, 1.165) is 20.7 Å². The number of phenols is 1. The highest BCUT2D eigenvalue weighted by molar-refractivity contribution is 7.99. The minimum absolute atomic E-state index is 0.300. The maximum absolute atomic E-state index is 9.82. The maximum atomic E-state index is 9.82. The molecule has 1 N–H and O–H groups in total. The number of rotatable bonds is 2. The quantitative estimate of drug-likeness (QED) is 0.760. The molecule has 0 atom stereocenters. The summed E-state index contributed by atoms with van der Waals surface area (Å²) in [7, 11) is 0. The molecule has 0 amide bonds. The van der Waals surface area contributed by atoms with Gasteiger partial charge in [0.05, 0.1) is 0 Å². The van der Waals surface area contributed by atoms with Crippen LogP contribution >= 0.6 is 11.8 Å². The van der Waals surface area contributed by atoms with E-state index in [2.05, 4.69) is 10.2 Å². The van der Waals surface area contributed by atoms with Crippen molar-refractivity contribution in [2.24, 2.45) is 0 Å². The molecule has 0 aliphatic carbocycles. The lowest BCUT2D eigenvalue weighted by molar-refractivity contribution is 0.481. The predicted octanol–water partition coefficient (Wildman–Crippen LogP) is 3.49. The largest absolute Gasteiger partial charge is 0.507 e. The Balaban J connectivity index is 2.10. The normalized spacial score (nSPS) is 10.7. The Morgan fingerprint density at radius 2 is 1.72 bits per heavy atom. The molecule has 3 nitrogen and oxygen atoms in total. The van der Waals surface area contributed by atoms with Gasteiger partial charge in [0.15, 0.2) is 0 Å². The van der Waals surface area contributed by atoms with Gasteiger partial charge in [0, 0.05) is 16.5 Å². The van der Waals surface area contributed by atoms with Crippen LogP contribution in [0.2, 0.25) is 0 Å². The molecule has 0 unspecified atom stereocenters. The molecule has 4 heteroatoms. The first-order chi connectivity index (χ1) is 8.84. The number of hydrogen-bond donors (Lipinski definition) is 1. The summed E-state index contributed by atoms with van der Waals surface area (Å²) in [5.74, 6) is 0.300. The Labute approximate surface area is 108 Å². The molecule has 3 rings (SSSR count). The standard InChI is InChI=1S/C14H10N2OS/c17-12-7-8-13(11-5-2-1-4-10(11)12)18-14-6-3-9-15-16-14/h1-9,17H. The van der Waals surface area contributed by atoms with Gasteiger partial charge in [-0.1, -0.05) is 36.0 Å². The molecule has 0 aliphatic heterocycles. The van der Waals surface area contributed by atoms with Crippen LogP contribution in [0.5, 0.6) is 5.75 Å². The van der Waals surface area contributed by atoms with E-state index in [1.807, 2.05) is 42.5 Å². The fourth-order valence-electron chi connectivity index (χ4n) is 1.80. The highest BCUT2D eigenvalue weighted by Gasteiger charge is 2.06. The average molecular weight is 254 g/mol. The molecule has 0 saturated heterocycles. The third-order valence-electron chi connectivity index (χ3n) is 2.62. The summed E-state index contributed by atoms with van der Waals surface area (Å²) in [6.07, 6.45) is 1.65. The summed E-state index contributed by atoms with van der Waals surface area (Å²) >= 11 is 1.54. The van der Waals surface area contributed by atoms with E-state index in [0.29, 0.717) is 5.75 Å². The Bertz CT molecular complexity index is 686. The van der Waals surface area contributed by atoms with Crippen molar-refractivity contribution in [3.63, 3.8) is 0 Å². The number of benzene rings is 2. The zero-order chi connectivity index (χ0) is 12.4. The Morgan fingerprint density at radius 3 is 2.50 bits per heavy atom. The molecule has 0 radical (unpaired) electrons. The van der Waals surface area contributed by atoms with Crippen molar-refractivity contribution in [2.75, 3.05) is 0 Å². The number of hydrogen-bond acceptors (Lipinski definition) is 4. The zero-order valence-corrected chi connectivity index (χ0v) is 10.3. The van der Waals surface area contributed by atoms with Gasteiger partial charge in [0.2, 0.25) is 0 Å². The van der Waals surface area contributed by atoms with Gasteiger partial charge in [-0.15, -0.1) is 5.10 Å². The van der Waals surface area contributed by atoms with Gasteiger partial charge in [-0.25, -0.2) is 0 Å². The lowest BCUT2D eigenvalue weighted by Crippen LogP contribution is -1.84. The van der Waals surface area contributed by atoms with Crippen LogP contribution in [0.3, 0.4) is 0 Å². The van der Waals surface area contributed by atoms with Crippen LogP contribution in [-0.4, -0.2) is 15.3 Å². The van der Waals surface area contributed by atoms with E-state index in [1.165, 1.54) is 0 Å². The molecule has 3 aromatic rings. The molecule has 1 aromatic heterocycles. The SMILES string of the molecule is Oc1ccc(Sc2cccnn2)c2ccccc12. The molecule has 0 bridgehead atoms. The minimum Gasteiger partial charge on any atom is -0.507 e. The third kappa shape index (κ3) is 2.02. The highest BCUT2D eigenvalue weighted by atomic mass is 32.2. The van der Waals surface area contributed by atoms with E-state index in [1.54, 1.807) is 24.0 Å². The third-order valence-corrected chi connectivity index (χ3v) is 3.63. The zero-order valence-electron chi connectivity index (χ0n) is 9.45. The van der Waals surface area contributed by atoms with Gasteiger partial charge in [-0.05, 0) is 29.7 Å². The van der Waals surface area contributed by atoms with Crippen molar-refractivity contribution in [2.45, 2.75) is 9.92 Å². The van der Waals surface area contributed by atoms with Crippen molar-refractivity contribution in [1.29, 1.82) is 0 Å². The summed E-state index contributed by atoms with van der Waals surface area (Å²) < 4.78 is 0. The van der Waals surface area contributed by atoms with Gasteiger partial charge in [-0.3, -0.25) is 0 Å². The van der Waals surface area contributed by atoms with Gasteiger partial charge < -0.3 is 5.11 Å². The molecule has 1 heterocycles. The van der Waals surface area contributed by atoms with Crippen LogP contribution in [0, 0.1) is 0 Å². The van der Waals surface area contributed by atoms with Gasteiger partial charge in [0.1, 0.15) is 10.8 Å². The first-order valence-corrected chi connectivity index (χ1v) is 6.32. The van der Waals surface area contributed by atoms with Crippen molar-refractivity contribution in [3.8, 4) is 5.75 Å². The second-order valence-corrected chi connectivity index (χ2v) is 4.85. The van der Waals surface area contributed by atoms with Gasteiger partial charge >= 0.3 is 0 Å². The van der Waals surface area contributed by atoms with Crippen LogP contribution in [0.4, 0.5) is 0 Å². The summed E-state index contributed by atoms with van der Waals surface area (Å²) in [5, 5.41) is 20.5. The van der Waals surface area contributed by atoms with Gasteiger partial charge in [-0.2, -0.15) is 5.10 Å². The number of phenolic OH excluding ortho intramolecular Hbond substituents is 1. The van der Waals surface area contributed by atoms with Crippen LogP contribution in [0.1, 0.15) is 0 Å². The van der Waals surface area contributed by atoms with Crippen LogP contribution in [0.15, 0.2) is 64.6 Å². The average Bonchev–Trinajstić information content (AvgIpc) is 2.44. The van der Waals surface area contributed by atoms with E-state index in [4.69, 9.17) is 0 Å². The topological polar surface area (TPSA) is 46.0 Å². The molecule has 0 spiro atoms. The summed E-state index contributed by atoms with van der Waals surface area (Å²) in [6, 6.07) is 15.2. The molecule has 0 saturated carbocycles. The molecular formula is C14H10N2OS. The fraction of sp³-hybridized carbons (Fsp3) is 0. The monoisotopic (exact) mass is 254 g/mol. The summed E-state index contributed by atoms with van der Waals surface area (Å²) in [4.78, 5) is 1.06. The van der Waals surface area contributed by atoms with E-state index in [-0.39, 0.29) is 0 Å². The number of fused-ring (bicyclic) bond motifs is 1. The minimum atomic E-state index is 0.300. The fourth-order valence-corrected chi connectivity index (χ4v) is 2.68. The molecule has 2 aromatic carbocycles. The smallest absolute Gasteiger partial charge is 0.124 e. The van der Waals surface area contributed by atoms with Crippen molar-refractivity contribution >= 4 is 22.5 Å². The lowest BCUT2D eigenvalue weighted by atomic mass is 10.1. The van der Waals surface area contributed by atoms with E-state index < -0.39 is 0 Å². The highest BCUT2D eigenvalue weighted by Crippen LogP contribution is 2.35. The van der Waals surface area contributed by atoms with Crippen LogP contribution < -0.4 is 0 Å². The number of aromatic hydroxyl groups is 1. The summed E-state index contributed by atoms with van der Waals surface area (Å²) in [6.45, 7) is 0. The molecule has 88 valence electrons. The maximum Gasteiger partial charge on any atom is 0.124 e. The second-order valence-electron chi connectivity index (χ2n) is 3.79. The lowest BCUT2D eigenvalue weighted by Gasteiger charge is -2.06. The van der Waals surface area contributed by atoms with Crippen molar-refractivity contribution in [3.05, 3.63) is 54.7 Å². The Kier molecular flexibility index (Phi) is 2.86. The molecular weight excluding hydrogens is 244 g/mol.